The average Bonchev–Trinajstić information content (AvgIpc) is 3.34. The molecule has 2 aromatic carbocycles. The van der Waals surface area contributed by atoms with Crippen LogP contribution >= 0.6 is 15.9 Å². The lowest BCUT2D eigenvalue weighted by Crippen LogP contribution is -2.30. The highest BCUT2D eigenvalue weighted by Gasteiger charge is 2.24. The number of nitrogens with one attached hydrogen (secondary N) is 1. The Morgan fingerprint density at radius 3 is 2.62 bits per heavy atom. The molecule has 1 aliphatic rings. The number of carboxylic acid groups (broad SMARTS) is 1. The summed E-state index contributed by atoms with van der Waals surface area (Å²) in [4.78, 5) is 31.9. The second-order valence-corrected chi connectivity index (χ2v) is 9.60. The molecule has 178 valence electrons. The van der Waals surface area contributed by atoms with Crippen molar-refractivity contribution in [2.24, 2.45) is 0 Å². The van der Waals surface area contributed by atoms with Crippen molar-refractivity contribution in [2.45, 2.75) is 38.5 Å². The van der Waals surface area contributed by atoms with E-state index in [1.807, 2.05) is 25.1 Å². The number of rotatable bonds is 8. The normalized spacial score (nSPS) is 14.4. The number of carbonyl (C=O) groups excluding carboxylic acids is 1. The standard InChI is InChI=1S/C26H28BrN3O4/c1-16-24(20-14-18(27)9-10-21(20)29-25(16)30-12-4-5-13-30)26(34)28-15-17(8-11-23(32)33)19-6-2-3-7-22(19)31/h2-3,6-7,9-10,14,17,31H,4-5,8,11-13,15H2,1H3,(H,28,34)(H,32,33)/t17-/m0/s1. The van der Waals surface area contributed by atoms with Gasteiger partial charge in [0.05, 0.1) is 11.1 Å². The van der Waals surface area contributed by atoms with Gasteiger partial charge < -0.3 is 20.4 Å². The molecule has 0 aliphatic carbocycles. The molecular formula is C26H28BrN3O4. The molecule has 34 heavy (non-hydrogen) atoms. The van der Waals surface area contributed by atoms with Crippen molar-refractivity contribution in [2.75, 3.05) is 24.5 Å². The summed E-state index contributed by atoms with van der Waals surface area (Å²) in [6.45, 7) is 3.98. The van der Waals surface area contributed by atoms with Crippen LogP contribution in [0.1, 0.15) is 53.1 Å². The van der Waals surface area contributed by atoms with Gasteiger partial charge in [-0.15, -0.1) is 0 Å². The zero-order valence-electron chi connectivity index (χ0n) is 19.1. The van der Waals surface area contributed by atoms with E-state index in [9.17, 15) is 19.8 Å². The van der Waals surface area contributed by atoms with E-state index in [2.05, 4.69) is 26.1 Å². The molecular weight excluding hydrogens is 498 g/mol. The third kappa shape index (κ3) is 5.17. The van der Waals surface area contributed by atoms with Crippen LogP contribution in [0.3, 0.4) is 0 Å². The molecule has 3 aromatic rings. The Kier molecular flexibility index (Phi) is 7.36. The number of aromatic nitrogens is 1. The summed E-state index contributed by atoms with van der Waals surface area (Å²) in [5.74, 6) is -0.556. The fourth-order valence-electron chi connectivity index (χ4n) is 4.65. The Hall–Kier alpha value is -3.13. The second-order valence-electron chi connectivity index (χ2n) is 8.69. The lowest BCUT2D eigenvalue weighted by molar-refractivity contribution is -0.137. The van der Waals surface area contributed by atoms with E-state index in [1.54, 1.807) is 24.3 Å². The summed E-state index contributed by atoms with van der Waals surface area (Å²) in [6, 6.07) is 12.6. The van der Waals surface area contributed by atoms with E-state index in [0.29, 0.717) is 17.5 Å². The Balaban J connectivity index is 1.67. The number of hydrogen-bond donors (Lipinski definition) is 3. The van der Waals surface area contributed by atoms with E-state index in [4.69, 9.17) is 4.98 Å². The maximum atomic E-state index is 13.6. The lowest BCUT2D eigenvalue weighted by Gasteiger charge is -2.23. The molecule has 8 heteroatoms. The summed E-state index contributed by atoms with van der Waals surface area (Å²) < 4.78 is 0.859. The van der Waals surface area contributed by atoms with Crippen LogP contribution in [0, 0.1) is 6.92 Å². The molecule has 1 aromatic heterocycles. The van der Waals surface area contributed by atoms with Gasteiger partial charge in [0.2, 0.25) is 0 Å². The molecule has 1 atom stereocenters. The third-order valence-corrected chi connectivity index (χ3v) is 6.88. The number of aliphatic carboxylic acids is 1. The first kappa shape index (κ1) is 24.0. The molecule has 1 fully saturated rings. The SMILES string of the molecule is Cc1c(N2CCCC2)nc2ccc(Br)cc2c1C(=O)NC[C@H](CCC(=O)O)c1ccccc1O. The van der Waals surface area contributed by atoms with Crippen LogP contribution in [0.2, 0.25) is 0 Å². The molecule has 0 saturated carbocycles. The van der Waals surface area contributed by atoms with Crippen molar-refractivity contribution in [3.05, 3.63) is 63.6 Å². The van der Waals surface area contributed by atoms with Gasteiger partial charge >= 0.3 is 5.97 Å². The van der Waals surface area contributed by atoms with Gasteiger partial charge in [0.15, 0.2) is 0 Å². The van der Waals surface area contributed by atoms with Crippen molar-refractivity contribution in [1.29, 1.82) is 0 Å². The number of carboxylic acids is 1. The Morgan fingerprint density at radius 2 is 1.91 bits per heavy atom. The number of phenolic OH excluding ortho intramolecular Hbond substituents is 1. The average molecular weight is 526 g/mol. The van der Waals surface area contributed by atoms with Crippen LogP contribution < -0.4 is 10.2 Å². The van der Waals surface area contributed by atoms with Crippen molar-refractivity contribution in [3.63, 3.8) is 0 Å². The number of pyridine rings is 1. The number of carbonyl (C=O) groups is 2. The second kappa shape index (κ2) is 10.4. The summed E-state index contributed by atoms with van der Waals surface area (Å²) >= 11 is 3.51. The van der Waals surface area contributed by atoms with E-state index in [0.717, 1.165) is 52.7 Å². The first-order valence-corrected chi connectivity index (χ1v) is 12.3. The highest BCUT2D eigenvalue weighted by molar-refractivity contribution is 9.10. The molecule has 1 amide bonds. The zero-order chi connectivity index (χ0) is 24.2. The topological polar surface area (TPSA) is 103 Å². The number of amides is 1. The third-order valence-electron chi connectivity index (χ3n) is 6.39. The van der Waals surface area contributed by atoms with Gasteiger partial charge in [0.25, 0.3) is 5.91 Å². The summed E-state index contributed by atoms with van der Waals surface area (Å²) in [7, 11) is 0. The van der Waals surface area contributed by atoms with Crippen LogP contribution in [0.5, 0.6) is 5.75 Å². The molecule has 3 N–H and O–H groups in total. The predicted molar refractivity (Wildman–Crippen MR) is 136 cm³/mol. The van der Waals surface area contributed by atoms with Crippen LogP contribution in [0.25, 0.3) is 10.9 Å². The van der Waals surface area contributed by atoms with Crippen LogP contribution in [-0.2, 0) is 4.79 Å². The van der Waals surface area contributed by atoms with Gasteiger partial charge in [-0.2, -0.15) is 0 Å². The molecule has 4 rings (SSSR count). The van der Waals surface area contributed by atoms with Crippen molar-refractivity contribution in [1.82, 2.24) is 10.3 Å². The highest BCUT2D eigenvalue weighted by atomic mass is 79.9. The van der Waals surface area contributed by atoms with Gasteiger partial charge in [-0.3, -0.25) is 9.59 Å². The Labute approximate surface area is 206 Å². The number of nitrogens with zero attached hydrogens (tertiary/aromatic N) is 2. The minimum absolute atomic E-state index is 0.0574. The summed E-state index contributed by atoms with van der Waals surface area (Å²) in [5, 5.41) is 23.3. The largest absolute Gasteiger partial charge is 0.508 e. The van der Waals surface area contributed by atoms with E-state index in [-0.39, 0.29) is 30.5 Å². The molecule has 1 aliphatic heterocycles. The molecule has 0 radical (unpaired) electrons. The van der Waals surface area contributed by atoms with E-state index in [1.165, 1.54) is 0 Å². The maximum absolute atomic E-state index is 13.6. The zero-order valence-corrected chi connectivity index (χ0v) is 20.6. The summed E-state index contributed by atoms with van der Waals surface area (Å²) in [5.41, 5.74) is 2.78. The van der Waals surface area contributed by atoms with Gasteiger partial charge in [-0.25, -0.2) is 4.98 Å². The van der Waals surface area contributed by atoms with Gasteiger partial charge in [-0.1, -0.05) is 34.1 Å². The van der Waals surface area contributed by atoms with Crippen molar-refractivity contribution >= 4 is 44.5 Å². The number of para-hydroxylation sites is 1. The van der Waals surface area contributed by atoms with Crippen LogP contribution in [0.15, 0.2) is 46.9 Å². The van der Waals surface area contributed by atoms with Crippen LogP contribution in [-0.4, -0.2) is 46.7 Å². The predicted octanol–water partition coefficient (Wildman–Crippen LogP) is 4.99. The highest BCUT2D eigenvalue weighted by Crippen LogP contribution is 2.33. The Bertz CT molecular complexity index is 1220. The number of benzene rings is 2. The fraction of sp³-hybridized carbons (Fsp3) is 0.346. The minimum atomic E-state index is -0.914. The number of anilines is 1. The van der Waals surface area contributed by atoms with E-state index < -0.39 is 5.97 Å². The number of phenols is 1. The van der Waals surface area contributed by atoms with Gasteiger partial charge in [-0.05, 0) is 56.0 Å². The Morgan fingerprint density at radius 1 is 1.18 bits per heavy atom. The van der Waals surface area contributed by atoms with Crippen molar-refractivity contribution in [3.8, 4) is 5.75 Å². The quantitative estimate of drug-likeness (QED) is 0.382. The molecule has 0 unspecified atom stereocenters. The maximum Gasteiger partial charge on any atom is 0.303 e. The van der Waals surface area contributed by atoms with Crippen LogP contribution in [0.4, 0.5) is 5.82 Å². The number of aromatic hydroxyl groups is 1. The molecule has 2 heterocycles. The number of halogens is 1. The first-order valence-electron chi connectivity index (χ1n) is 11.5. The first-order chi connectivity index (χ1) is 16.3. The smallest absolute Gasteiger partial charge is 0.303 e. The minimum Gasteiger partial charge on any atom is -0.508 e. The molecule has 7 nitrogen and oxygen atoms in total. The van der Waals surface area contributed by atoms with Gasteiger partial charge in [0, 0.05) is 47.4 Å². The molecule has 0 spiro atoms. The fourth-order valence-corrected chi connectivity index (χ4v) is 5.01. The molecule has 0 bridgehead atoms. The van der Waals surface area contributed by atoms with E-state index >= 15 is 0 Å². The molecule has 1 saturated heterocycles. The lowest BCUT2D eigenvalue weighted by atomic mass is 9.93. The number of fused-ring (bicyclic) bond motifs is 1. The number of hydrogen-bond acceptors (Lipinski definition) is 5. The van der Waals surface area contributed by atoms with Gasteiger partial charge in [0.1, 0.15) is 11.6 Å². The van der Waals surface area contributed by atoms with Crippen molar-refractivity contribution < 1.29 is 19.8 Å². The summed E-state index contributed by atoms with van der Waals surface area (Å²) in [6.07, 6.45) is 2.45. The monoisotopic (exact) mass is 525 g/mol.